The second-order valence-electron chi connectivity index (χ2n) is 4.64. The maximum Gasteiger partial charge on any atom is 0.313 e. The number of rotatable bonds is 5. The molecular formula is C15H17NO3S. The van der Waals surface area contributed by atoms with E-state index >= 15 is 0 Å². The van der Waals surface area contributed by atoms with Crippen LogP contribution in [0, 0.1) is 13.8 Å². The first-order chi connectivity index (χ1) is 9.51. The fourth-order valence-corrected chi connectivity index (χ4v) is 2.98. The molecular weight excluding hydrogens is 274 g/mol. The minimum absolute atomic E-state index is 0.416. The third kappa shape index (κ3) is 3.17. The molecule has 1 aromatic carbocycles. The van der Waals surface area contributed by atoms with Crippen molar-refractivity contribution in [1.29, 1.82) is 0 Å². The number of carbonyl (C=O) groups is 1. The van der Waals surface area contributed by atoms with Crippen LogP contribution < -0.4 is 4.74 Å². The van der Waals surface area contributed by atoms with Gasteiger partial charge < -0.3 is 9.84 Å². The topological polar surface area (TPSA) is 59.4 Å². The number of hydrogen-bond donors (Lipinski definition) is 1. The molecule has 106 valence electrons. The zero-order chi connectivity index (χ0) is 14.7. The predicted octanol–water partition coefficient (Wildman–Crippen LogP) is 3.18. The molecule has 5 heteroatoms. The summed E-state index contributed by atoms with van der Waals surface area (Å²) in [5.74, 6) is -0.723. The molecule has 1 aromatic heterocycles. The molecule has 0 saturated heterocycles. The smallest absolute Gasteiger partial charge is 0.313 e. The fourth-order valence-electron chi connectivity index (χ4n) is 1.96. The van der Waals surface area contributed by atoms with Gasteiger partial charge in [-0.15, -0.1) is 11.3 Å². The maximum absolute atomic E-state index is 11.5. The molecule has 2 aromatic rings. The number of nitrogens with zero attached hydrogens (tertiary/aromatic N) is 1. The maximum atomic E-state index is 11.5. The summed E-state index contributed by atoms with van der Waals surface area (Å²) in [6, 6.07) is 7.48. The van der Waals surface area contributed by atoms with Crippen LogP contribution in [0.2, 0.25) is 0 Å². The van der Waals surface area contributed by atoms with E-state index in [1.807, 2.05) is 38.1 Å². The summed E-state index contributed by atoms with van der Waals surface area (Å²) in [6.45, 7) is 3.86. The van der Waals surface area contributed by atoms with Crippen LogP contribution in [0.3, 0.4) is 0 Å². The van der Waals surface area contributed by atoms with Gasteiger partial charge >= 0.3 is 5.97 Å². The van der Waals surface area contributed by atoms with Gasteiger partial charge in [0.05, 0.1) is 12.8 Å². The van der Waals surface area contributed by atoms with Crippen LogP contribution in [0.25, 0.3) is 0 Å². The van der Waals surface area contributed by atoms with Gasteiger partial charge in [-0.2, -0.15) is 0 Å². The van der Waals surface area contributed by atoms with Gasteiger partial charge in [-0.25, -0.2) is 4.98 Å². The van der Waals surface area contributed by atoms with Gasteiger partial charge in [0.1, 0.15) is 16.7 Å². The van der Waals surface area contributed by atoms with Crippen molar-refractivity contribution in [3.63, 3.8) is 0 Å². The third-order valence-electron chi connectivity index (χ3n) is 3.22. The molecule has 0 radical (unpaired) electrons. The normalized spacial score (nSPS) is 12.2. The van der Waals surface area contributed by atoms with Crippen LogP contribution in [-0.2, 0) is 11.2 Å². The molecule has 1 atom stereocenters. The van der Waals surface area contributed by atoms with Crippen molar-refractivity contribution in [3.05, 3.63) is 45.4 Å². The van der Waals surface area contributed by atoms with Gasteiger partial charge in [-0.05, 0) is 38.0 Å². The van der Waals surface area contributed by atoms with Gasteiger partial charge in [-0.3, -0.25) is 4.79 Å². The summed E-state index contributed by atoms with van der Waals surface area (Å²) in [4.78, 5) is 17.0. The molecule has 0 bridgehead atoms. The first kappa shape index (κ1) is 14.5. The van der Waals surface area contributed by atoms with E-state index in [1.165, 1.54) is 11.3 Å². The van der Waals surface area contributed by atoms with E-state index in [2.05, 4.69) is 4.98 Å². The highest BCUT2D eigenvalue weighted by atomic mass is 32.1. The van der Waals surface area contributed by atoms with Gasteiger partial charge in [0, 0.05) is 4.88 Å². The zero-order valence-corrected chi connectivity index (χ0v) is 12.5. The number of carboxylic acids is 1. The number of thiazole rings is 1. The Morgan fingerprint density at radius 1 is 1.45 bits per heavy atom. The SMILES string of the molecule is COc1cccc(CC(C(=O)O)c2nc(C)c(C)s2)c1. The average molecular weight is 291 g/mol. The van der Waals surface area contributed by atoms with Crippen LogP contribution in [0.5, 0.6) is 5.75 Å². The van der Waals surface area contributed by atoms with Crippen molar-refractivity contribution in [3.8, 4) is 5.75 Å². The van der Waals surface area contributed by atoms with Crippen molar-refractivity contribution in [2.45, 2.75) is 26.2 Å². The fraction of sp³-hybridized carbons (Fsp3) is 0.333. The monoisotopic (exact) mass is 291 g/mol. The van der Waals surface area contributed by atoms with E-state index in [9.17, 15) is 9.90 Å². The highest BCUT2D eigenvalue weighted by Gasteiger charge is 2.24. The third-order valence-corrected chi connectivity index (χ3v) is 4.40. The standard InChI is InChI=1S/C15H17NO3S/c1-9-10(2)20-14(16-9)13(15(17)18)8-11-5-4-6-12(7-11)19-3/h4-7,13H,8H2,1-3H3,(H,17,18). The first-order valence-electron chi connectivity index (χ1n) is 6.31. The molecule has 0 amide bonds. The number of aliphatic carboxylic acids is 1. The quantitative estimate of drug-likeness (QED) is 0.919. The lowest BCUT2D eigenvalue weighted by atomic mass is 10.00. The molecule has 1 N–H and O–H groups in total. The number of methoxy groups -OCH3 is 1. The van der Waals surface area contributed by atoms with E-state index in [0.29, 0.717) is 11.4 Å². The van der Waals surface area contributed by atoms with E-state index in [0.717, 1.165) is 21.9 Å². The molecule has 0 aliphatic heterocycles. The Morgan fingerprint density at radius 3 is 2.75 bits per heavy atom. The van der Waals surface area contributed by atoms with Gasteiger partial charge in [0.2, 0.25) is 0 Å². The molecule has 0 saturated carbocycles. The molecule has 0 fully saturated rings. The Labute approximate surface area is 122 Å². The molecule has 0 aliphatic rings. The zero-order valence-electron chi connectivity index (χ0n) is 11.7. The number of ether oxygens (including phenoxy) is 1. The van der Waals surface area contributed by atoms with Crippen LogP contribution in [-0.4, -0.2) is 23.2 Å². The molecule has 0 aliphatic carbocycles. The second kappa shape index (κ2) is 6.05. The molecule has 0 spiro atoms. The number of hydrogen-bond acceptors (Lipinski definition) is 4. The Balaban J connectivity index is 2.27. The van der Waals surface area contributed by atoms with Crippen LogP contribution in [0.1, 0.15) is 27.1 Å². The van der Waals surface area contributed by atoms with Gasteiger partial charge in [-0.1, -0.05) is 12.1 Å². The second-order valence-corrected chi connectivity index (χ2v) is 5.87. The first-order valence-corrected chi connectivity index (χ1v) is 7.12. The molecule has 1 unspecified atom stereocenters. The minimum atomic E-state index is -0.846. The van der Waals surface area contributed by atoms with Crippen molar-refractivity contribution in [1.82, 2.24) is 4.98 Å². The Morgan fingerprint density at radius 2 is 2.20 bits per heavy atom. The minimum Gasteiger partial charge on any atom is -0.497 e. The van der Waals surface area contributed by atoms with Crippen molar-refractivity contribution in [2.75, 3.05) is 7.11 Å². The average Bonchev–Trinajstić information content (AvgIpc) is 2.75. The summed E-state index contributed by atoms with van der Waals surface area (Å²) in [5, 5.41) is 10.1. The summed E-state index contributed by atoms with van der Waals surface area (Å²) in [6.07, 6.45) is 0.416. The van der Waals surface area contributed by atoms with E-state index in [4.69, 9.17) is 4.74 Å². The van der Waals surface area contributed by atoms with Crippen LogP contribution >= 0.6 is 11.3 Å². The molecule has 20 heavy (non-hydrogen) atoms. The van der Waals surface area contributed by atoms with E-state index in [1.54, 1.807) is 7.11 Å². The summed E-state index contributed by atoms with van der Waals surface area (Å²) in [5.41, 5.74) is 1.84. The molecule has 4 nitrogen and oxygen atoms in total. The van der Waals surface area contributed by atoms with Crippen molar-refractivity contribution < 1.29 is 14.6 Å². The Hall–Kier alpha value is -1.88. The van der Waals surface area contributed by atoms with Gasteiger partial charge in [0.25, 0.3) is 0 Å². The highest BCUT2D eigenvalue weighted by Crippen LogP contribution is 2.28. The van der Waals surface area contributed by atoms with E-state index < -0.39 is 11.9 Å². The summed E-state index contributed by atoms with van der Waals surface area (Å²) < 4.78 is 5.17. The molecule has 1 heterocycles. The summed E-state index contributed by atoms with van der Waals surface area (Å²) in [7, 11) is 1.60. The lowest BCUT2D eigenvalue weighted by molar-refractivity contribution is -0.138. The van der Waals surface area contributed by atoms with Crippen molar-refractivity contribution >= 4 is 17.3 Å². The van der Waals surface area contributed by atoms with Crippen LogP contribution in [0.4, 0.5) is 0 Å². The number of aromatic nitrogens is 1. The summed E-state index contributed by atoms with van der Waals surface area (Å²) >= 11 is 1.46. The number of carboxylic acid groups (broad SMARTS) is 1. The van der Waals surface area contributed by atoms with Crippen LogP contribution in [0.15, 0.2) is 24.3 Å². The largest absolute Gasteiger partial charge is 0.497 e. The lowest BCUT2D eigenvalue weighted by Gasteiger charge is -2.10. The Kier molecular flexibility index (Phi) is 4.39. The predicted molar refractivity (Wildman–Crippen MR) is 78.7 cm³/mol. The lowest BCUT2D eigenvalue weighted by Crippen LogP contribution is -2.14. The number of aryl methyl sites for hydroxylation is 2. The Bertz CT molecular complexity index is 602. The molecule has 2 rings (SSSR count). The number of benzene rings is 1. The van der Waals surface area contributed by atoms with Crippen molar-refractivity contribution in [2.24, 2.45) is 0 Å². The van der Waals surface area contributed by atoms with Gasteiger partial charge in [0.15, 0.2) is 0 Å². The highest BCUT2D eigenvalue weighted by molar-refractivity contribution is 7.11. The van der Waals surface area contributed by atoms with E-state index in [-0.39, 0.29) is 0 Å².